The van der Waals surface area contributed by atoms with E-state index in [2.05, 4.69) is 20.7 Å². The molecule has 0 bridgehead atoms. The van der Waals surface area contributed by atoms with Crippen LogP contribution in [-0.2, 0) is 6.54 Å². The number of pyridine rings is 1. The van der Waals surface area contributed by atoms with Gasteiger partial charge < -0.3 is 20.1 Å². The minimum atomic E-state index is -0.250. The van der Waals surface area contributed by atoms with E-state index in [1.807, 2.05) is 49.5 Å². The number of hydrogen-bond acceptors (Lipinski definition) is 5. The number of nitrogens with one attached hydrogen (secondary N) is 2. The van der Waals surface area contributed by atoms with Gasteiger partial charge in [-0.15, -0.1) is 0 Å². The first-order valence-corrected chi connectivity index (χ1v) is 9.08. The molecule has 144 valence electrons. The van der Waals surface area contributed by atoms with Crippen molar-refractivity contribution >= 4 is 6.03 Å². The number of carbonyl (C=O) groups is 1. The van der Waals surface area contributed by atoms with Crippen LogP contribution in [0.1, 0.15) is 24.1 Å². The van der Waals surface area contributed by atoms with Gasteiger partial charge >= 0.3 is 6.03 Å². The normalized spacial score (nSPS) is 13.6. The Morgan fingerprint density at radius 2 is 2.04 bits per heavy atom. The van der Waals surface area contributed by atoms with Crippen molar-refractivity contribution in [1.82, 2.24) is 25.4 Å². The summed E-state index contributed by atoms with van der Waals surface area (Å²) in [4.78, 5) is 16.6. The molecular formula is C20H21N5O3. The van der Waals surface area contributed by atoms with E-state index < -0.39 is 0 Å². The minimum Gasteiger partial charge on any atom is -0.486 e. The number of urea groups is 1. The van der Waals surface area contributed by atoms with Gasteiger partial charge in [-0.25, -0.2) is 14.5 Å². The van der Waals surface area contributed by atoms with Crippen molar-refractivity contribution in [3.63, 3.8) is 0 Å². The Morgan fingerprint density at radius 1 is 1.18 bits per heavy atom. The summed E-state index contributed by atoms with van der Waals surface area (Å²) in [6.07, 6.45) is 5.21. The lowest BCUT2D eigenvalue weighted by molar-refractivity contribution is 0.171. The van der Waals surface area contributed by atoms with Crippen molar-refractivity contribution in [2.75, 3.05) is 13.2 Å². The van der Waals surface area contributed by atoms with Crippen LogP contribution in [0, 0.1) is 0 Å². The Hall–Kier alpha value is -3.55. The van der Waals surface area contributed by atoms with Crippen LogP contribution in [-0.4, -0.2) is 34.0 Å². The zero-order valence-corrected chi connectivity index (χ0v) is 15.5. The third-order valence-corrected chi connectivity index (χ3v) is 4.42. The standard InChI is InChI=1S/C20H21N5O3/c1-14(16-3-4-17-18(12-16)28-10-9-27-17)24-20(26)22-13-15-5-7-21-19(11-15)25-8-2-6-23-25/h2-8,11-12,14H,9-10,13H2,1H3,(H2,22,24,26). The topological polar surface area (TPSA) is 90.3 Å². The van der Waals surface area contributed by atoms with Crippen LogP contribution in [0.15, 0.2) is 55.0 Å². The van der Waals surface area contributed by atoms with Crippen LogP contribution in [0.5, 0.6) is 11.5 Å². The molecule has 28 heavy (non-hydrogen) atoms. The van der Waals surface area contributed by atoms with Crippen LogP contribution in [0.4, 0.5) is 4.79 Å². The summed E-state index contributed by atoms with van der Waals surface area (Å²) in [5, 5.41) is 9.97. The Balaban J connectivity index is 1.34. The summed E-state index contributed by atoms with van der Waals surface area (Å²) in [5.74, 6) is 2.15. The Labute approximate surface area is 162 Å². The van der Waals surface area contributed by atoms with Gasteiger partial charge in [0, 0.05) is 25.1 Å². The predicted octanol–water partition coefficient (Wildman–Crippen LogP) is 2.60. The van der Waals surface area contributed by atoms with E-state index in [9.17, 15) is 4.79 Å². The van der Waals surface area contributed by atoms with Crippen LogP contribution in [0.3, 0.4) is 0 Å². The molecule has 0 saturated carbocycles. The number of fused-ring (bicyclic) bond motifs is 1. The largest absolute Gasteiger partial charge is 0.486 e. The number of nitrogens with zero attached hydrogens (tertiary/aromatic N) is 3. The SMILES string of the molecule is CC(NC(=O)NCc1ccnc(-n2cccn2)c1)c1ccc2c(c1)OCCO2. The fourth-order valence-electron chi connectivity index (χ4n) is 2.94. The molecule has 2 N–H and O–H groups in total. The van der Waals surface area contributed by atoms with E-state index in [0.717, 1.165) is 16.9 Å². The average molecular weight is 379 g/mol. The molecule has 2 amide bonds. The van der Waals surface area contributed by atoms with E-state index in [1.54, 1.807) is 17.1 Å². The first kappa shape index (κ1) is 17.8. The zero-order chi connectivity index (χ0) is 19.3. The zero-order valence-electron chi connectivity index (χ0n) is 15.5. The lowest BCUT2D eigenvalue weighted by Crippen LogP contribution is -2.36. The summed E-state index contributed by atoms with van der Waals surface area (Å²) in [7, 11) is 0. The number of hydrogen-bond donors (Lipinski definition) is 2. The smallest absolute Gasteiger partial charge is 0.315 e. The van der Waals surface area contributed by atoms with Gasteiger partial charge in [0.1, 0.15) is 13.2 Å². The Kier molecular flexibility index (Phi) is 5.09. The highest BCUT2D eigenvalue weighted by Gasteiger charge is 2.15. The number of amides is 2. The molecule has 8 nitrogen and oxygen atoms in total. The molecule has 1 atom stereocenters. The highest BCUT2D eigenvalue weighted by atomic mass is 16.6. The van der Waals surface area contributed by atoms with Crippen LogP contribution < -0.4 is 20.1 Å². The van der Waals surface area contributed by atoms with Crippen LogP contribution >= 0.6 is 0 Å². The number of ether oxygens (including phenoxy) is 2. The van der Waals surface area contributed by atoms with Gasteiger partial charge in [-0.3, -0.25) is 0 Å². The van der Waals surface area contributed by atoms with Gasteiger partial charge in [-0.05, 0) is 48.4 Å². The molecule has 8 heteroatoms. The van der Waals surface area contributed by atoms with Crippen LogP contribution in [0.25, 0.3) is 5.82 Å². The van der Waals surface area contributed by atoms with Crippen molar-refractivity contribution in [2.24, 2.45) is 0 Å². The summed E-state index contributed by atoms with van der Waals surface area (Å²) >= 11 is 0. The molecular weight excluding hydrogens is 358 g/mol. The molecule has 1 aliphatic heterocycles. The molecule has 0 aliphatic carbocycles. The Bertz CT molecular complexity index is 958. The number of rotatable bonds is 5. The third kappa shape index (κ3) is 4.06. The summed E-state index contributed by atoms with van der Waals surface area (Å²) in [6, 6.07) is 10.9. The second kappa shape index (κ2) is 7.99. The maximum Gasteiger partial charge on any atom is 0.315 e. The van der Waals surface area contributed by atoms with E-state index in [1.165, 1.54) is 0 Å². The molecule has 1 aliphatic rings. The first-order chi connectivity index (χ1) is 13.7. The van der Waals surface area contributed by atoms with E-state index in [-0.39, 0.29) is 12.1 Å². The molecule has 0 saturated heterocycles. The summed E-state index contributed by atoms with van der Waals surface area (Å²) in [5.41, 5.74) is 1.88. The van der Waals surface area contributed by atoms with E-state index in [4.69, 9.17) is 9.47 Å². The molecule has 1 unspecified atom stereocenters. The number of aromatic nitrogens is 3. The highest BCUT2D eigenvalue weighted by Crippen LogP contribution is 2.32. The van der Waals surface area contributed by atoms with Crippen molar-refractivity contribution < 1.29 is 14.3 Å². The minimum absolute atomic E-state index is 0.173. The van der Waals surface area contributed by atoms with Crippen molar-refractivity contribution in [1.29, 1.82) is 0 Å². The van der Waals surface area contributed by atoms with Gasteiger partial charge in [0.25, 0.3) is 0 Å². The lowest BCUT2D eigenvalue weighted by atomic mass is 10.1. The molecule has 1 aromatic carbocycles. The highest BCUT2D eigenvalue weighted by molar-refractivity contribution is 5.74. The molecule has 2 aromatic heterocycles. The van der Waals surface area contributed by atoms with Crippen molar-refractivity contribution in [2.45, 2.75) is 19.5 Å². The van der Waals surface area contributed by atoms with Crippen LogP contribution in [0.2, 0.25) is 0 Å². The number of benzene rings is 1. The first-order valence-electron chi connectivity index (χ1n) is 9.08. The monoisotopic (exact) mass is 379 g/mol. The van der Waals surface area contributed by atoms with Crippen molar-refractivity contribution in [3.05, 3.63) is 66.1 Å². The molecule has 3 heterocycles. The Morgan fingerprint density at radius 3 is 2.86 bits per heavy atom. The molecule has 0 radical (unpaired) electrons. The summed E-state index contributed by atoms with van der Waals surface area (Å²) in [6.45, 7) is 3.40. The molecule has 0 fully saturated rings. The average Bonchev–Trinajstić information content (AvgIpc) is 3.27. The van der Waals surface area contributed by atoms with E-state index >= 15 is 0 Å². The fraction of sp³-hybridized carbons (Fsp3) is 0.250. The van der Waals surface area contributed by atoms with Gasteiger partial charge in [0.15, 0.2) is 17.3 Å². The molecule has 4 rings (SSSR count). The van der Waals surface area contributed by atoms with Gasteiger partial charge in [-0.2, -0.15) is 5.10 Å². The maximum atomic E-state index is 12.3. The van der Waals surface area contributed by atoms with E-state index in [0.29, 0.717) is 31.3 Å². The predicted molar refractivity (Wildman–Crippen MR) is 103 cm³/mol. The quantitative estimate of drug-likeness (QED) is 0.711. The number of carbonyl (C=O) groups excluding carboxylic acids is 1. The van der Waals surface area contributed by atoms with Gasteiger partial charge in [0.2, 0.25) is 0 Å². The maximum absolute atomic E-state index is 12.3. The molecule has 0 spiro atoms. The molecule has 3 aromatic rings. The third-order valence-electron chi connectivity index (χ3n) is 4.42. The lowest BCUT2D eigenvalue weighted by Gasteiger charge is -2.21. The second-order valence-corrected chi connectivity index (χ2v) is 6.42. The second-order valence-electron chi connectivity index (χ2n) is 6.42. The fourth-order valence-corrected chi connectivity index (χ4v) is 2.94. The van der Waals surface area contributed by atoms with Gasteiger partial charge in [0.05, 0.1) is 6.04 Å². The van der Waals surface area contributed by atoms with Gasteiger partial charge in [-0.1, -0.05) is 6.07 Å². The van der Waals surface area contributed by atoms with Crippen molar-refractivity contribution in [3.8, 4) is 17.3 Å². The summed E-state index contributed by atoms with van der Waals surface area (Å²) < 4.78 is 12.8.